The Morgan fingerprint density at radius 2 is 2.11 bits per heavy atom. The standard InChI is InChI=1S/C14H22N4O/c1-3-10(2)17-14(19)12-8-16-13(9-15-12)18-11-6-4-5-7-11/h8-11H,3-7H2,1-2H3,(H,16,18)(H,17,19). The van der Waals surface area contributed by atoms with Crippen LogP contribution in [0.2, 0.25) is 0 Å². The number of hydrogen-bond donors (Lipinski definition) is 2. The van der Waals surface area contributed by atoms with Crippen molar-refractivity contribution in [3.8, 4) is 0 Å². The van der Waals surface area contributed by atoms with E-state index in [0.717, 1.165) is 12.2 Å². The Balaban J connectivity index is 1.91. The molecule has 0 aromatic carbocycles. The number of amides is 1. The zero-order valence-corrected chi connectivity index (χ0v) is 11.6. The van der Waals surface area contributed by atoms with Crippen molar-refractivity contribution in [2.24, 2.45) is 0 Å². The molecule has 2 rings (SSSR count). The molecule has 1 fully saturated rings. The minimum Gasteiger partial charge on any atom is -0.366 e. The summed E-state index contributed by atoms with van der Waals surface area (Å²) >= 11 is 0. The number of aromatic nitrogens is 2. The second kappa shape index (κ2) is 6.50. The summed E-state index contributed by atoms with van der Waals surface area (Å²) in [5.74, 6) is 0.598. The molecule has 1 unspecified atom stereocenters. The highest BCUT2D eigenvalue weighted by molar-refractivity contribution is 5.92. The maximum Gasteiger partial charge on any atom is 0.271 e. The Kier molecular flexibility index (Phi) is 4.71. The van der Waals surface area contributed by atoms with Crippen LogP contribution in [0, 0.1) is 0 Å². The molecule has 1 aromatic rings. The molecule has 0 bridgehead atoms. The van der Waals surface area contributed by atoms with Crippen LogP contribution in [0.1, 0.15) is 56.4 Å². The van der Waals surface area contributed by atoms with Gasteiger partial charge in [-0.1, -0.05) is 19.8 Å². The molecule has 19 heavy (non-hydrogen) atoms. The first-order chi connectivity index (χ1) is 9.19. The smallest absolute Gasteiger partial charge is 0.271 e. The molecular formula is C14H22N4O. The van der Waals surface area contributed by atoms with E-state index in [-0.39, 0.29) is 11.9 Å². The minimum atomic E-state index is -0.158. The number of nitrogens with one attached hydrogen (secondary N) is 2. The Labute approximate surface area is 114 Å². The van der Waals surface area contributed by atoms with Gasteiger partial charge in [0.1, 0.15) is 11.5 Å². The highest BCUT2D eigenvalue weighted by atomic mass is 16.1. The lowest BCUT2D eigenvalue weighted by atomic mass is 10.2. The molecular weight excluding hydrogens is 240 g/mol. The van der Waals surface area contributed by atoms with Gasteiger partial charge in [0.05, 0.1) is 12.4 Å². The van der Waals surface area contributed by atoms with Gasteiger partial charge in [0.25, 0.3) is 5.91 Å². The molecule has 1 aromatic heterocycles. The SMILES string of the molecule is CCC(C)NC(=O)c1cnc(NC2CCCC2)cn1. The average Bonchev–Trinajstić information content (AvgIpc) is 2.92. The fourth-order valence-electron chi connectivity index (χ4n) is 2.20. The van der Waals surface area contributed by atoms with Crippen molar-refractivity contribution in [2.45, 2.75) is 58.0 Å². The molecule has 1 atom stereocenters. The first-order valence-electron chi connectivity index (χ1n) is 7.08. The van der Waals surface area contributed by atoms with Gasteiger partial charge in [-0.05, 0) is 26.2 Å². The normalized spacial score (nSPS) is 17.2. The fraction of sp³-hybridized carbons (Fsp3) is 0.643. The number of carbonyl (C=O) groups is 1. The van der Waals surface area contributed by atoms with Crippen LogP contribution in [0.15, 0.2) is 12.4 Å². The third kappa shape index (κ3) is 3.91. The van der Waals surface area contributed by atoms with Crippen LogP contribution < -0.4 is 10.6 Å². The van der Waals surface area contributed by atoms with Gasteiger partial charge in [-0.3, -0.25) is 4.79 Å². The summed E-state index contributed by atoms with van der Waals surface area (Å²) in [5, 5.41) is 6.23. The van der Waals surface area contributed by atoms with Gasteiger partial charge < -0.3 is 10.6 Å². The molecule has 5 nitrogen and oxygen atoms in total. The van der Waals surface area contributed by atoms with Crippen LogP contribution >= 0.6 is 0 Å². The van der Waals surface area contributed by atoms with E-state index in [1.54, 1.807) is 6.20 Å². The quantitative estimate of drug-likeness (QED) is 0.855. The molecule has 1 saturated carbocycles. The molecule has 0 aliphatic heterocycles. The van der Waals surface area contributed by atoms with E-state index in [1.165, 1.54) is 31.9 Å². The van der Waals surface area contributed by atoms with Crippen molar-refractivity contribution in [2.75, 3.05) is 5.32 Å². The van der Waals surface area contributed by atoms with Crippen molar-refractivity contribution >= 4 is 11.7 Å². The van der Waals surface area contributed by atoms with Crippen molar-refractivity contribution in [1.82, 2.24) is 15.3 Å². The summed E-state index contributed by atoms with van der Waals surface area (Å²) < 4.78 is 0. The molecule has 1 aliphatic rings. The molecule has 1 aliphatic carbocycles. The number of rotatable bonds is 5. The monoisotopic (exact) mass is 262 g/mol. The molecule has 0 radical (unpaired) electrons. The van der Waals surface area contributed by atoms with E-state index in [9.17, 15) is 4.79 Å². The third-order valence-electron chi connectivity index (χ3n) is 3.58. The largest absolute Gasteiger partial charge is 0.366 e. The zero-order chi connectivity index (χ0) is 13.7. The number of anilines is 1. The van der Waals surface area contributed by atoms with Gasteiger partial charge in [0.15, 0.2) is 0 Å². The predicted octanol–water partition coefficient (Wildman–Crippen LogP) is 2.36. The number of nitrogens with zero attached hydrogens (tertiary/aromatic N) is 2. The molecule has 2 N–H and O–H groups in total. The van der Waals surface area contributed by atoms with Crippen molar-refractivity contribution < 1.29 is 4.79 Å². The average molecular weight is 262 g/mol. The summed E-state index contributed by atoms with van der Waals surface area (Å²) in [7, 11) is 0. The third-order valence-corrected chi connectivity index (χ3v) is 3.58. The van der Waals surface area contributed by atoms with E-state index in [2.05, 4.69) is 20.6 Å². The van der Waals surface area contributed by atoms with E-state index in [0.29, 0.717) is 11.7 Å². The lowest BCUT2D eigenvalue weighted by Gasteiger charge is -2.13. The Bertz CT molecular complexity index is 412. The summed E-state index contributed by atoms with van der Waals surface area (Å²) in [6.45, 7) is 4.01. The van der Waals surface area contributed by atoms with Crippen LogP contribution in [-0.2, 0) is 0 Å². The number of hydrogen-bond acceptors (Lipinski definition) is 4. The highest BCUT2D eigenvalue weighted by Gasteiger charge is 2.15. The van der Waals surface area contributed by atoms with E-state index < -0.39 is 0 Å². The van der Waals surface area contributed by atoms with Gasteiger partial charge in [0, 0.05) is 12.1 Å². The predicted molar refractivity (Wildman–Crippen MR) is 75.1 cm³/mol. The summed E-state index contributed by atoms with van der Waals surface area (Å²) in [6, 6.07) is 0.666. The van der Waals surface area contributed by atoms with Crippen LogP contribution in [0.25, 0.3) is 0 Å². The second-order valence-corrected chi connectivity index (χ2v) is 5.20. The van der Waals surface area contributed by atoms with Crippen molar-refractivity contribution in [3.63, 3.8) is 0 Å². The van der Waals surface area contributed by atoms with Crippen molar-refractivity contribution in [3.05, 3.63) is 18.1 Å². The maximum absolute atomic E-state index is 11.8. The van der Waals surface area contributed by atoms with Crippen molar-refractivity contribution in [1.29, 1.82) is 0 Å². The molecule has 1 heterocycles. The molecule has 104 valence electrons. The Morgan fingerprint density at radius 1 is 1.37 bits per heavy atom. The summed E-state index contributed by atoms with van der Waals surface area (Å²) in [6.07, 6.45) is 9.02. The van der Waals surface area contributed by atoms with Gasteiger partial charge >= 0.3 is 0 Å². The van der Waals surface area contributed by atoms with Crippen LogP contribution in [0.3, 0.4) is 0 Å². The minimum absolute atomic E-state index is 0.158. The molecule has 1 amide bonds. The van der Waals surface area contributed by atoms with Crippen LogP contribution in [0.5, 0.6) is 0 Å². The Hall–Kier alpha value is -1.65. The van der Waals surface area contributed by atoms with Gasteiger partial charge in [-0.15, -0.1) is 0 Å². The fourth-order valence-corrected chi connectivity index (χ4v) is 2.20. The molecule has 5 heteroatoms. The Morgan fingerprint density at radius 3 is 2.68 bits per heavy atom. The first kappa shape index (κ1) is 13.8. The highest BCUT2D eigenvalue weighted by Crippen LogP contribution is 2.20. The van der Waals surface area contributed by atoms with E-state index in [1.807, 2.05) is 13.8 Å². The lowest BCUT2D eigenvalue weighted by Crippen LogP contribution is -2.32. The topological polar surface area (TPSA) is 66.9 Å². The van der Waals surface area contributed by atoms with Gasteiger partial charge in [-0.2, -0.15) is 0 Å². The second-order valence-electron chi connectivity index (χ2n) is 5.20. The van der Waals surface area contributed by atoms with E-state index >= 15 is 0 Å². The zero-order valence-electron chi connectivity index (χ0n) is 11.6. The van der Waals surface area contributed by atoms with E-state index in [4.69, 9.17) is 0 Å². The van der Waals surface area contributed by atoms with Gasteiger partial charge in [0.2, 0.25) is 0 Å². The first-order valence-corrected chi connectivity index (χ1v) is 7.08. The molecule has 0 saturated heterocycles. The van der Waals surface area contributed by atoms with Gasteiger partial charge in [-0.25, -0.2) is 9.97 Å². The number of carbonyl (C=O) groups excluding carboxylic acids is 1. The summed E-state index contributed by atoms with van der Waals surface area (Å²) in [5.41, 5.74) is 0.372. The molecule has 0 spiro atoms. The lowest BCUT2D eigenvalue weighted by molar-refractivity contribution is 0.0934. The maximum atomic E-state index is 11.8. The van der Waals surface area contributed by atoms with Crippen LogP contribution in [0.4, 0.5) is 5.82 Å². The summed E-state index contributed by atoms with van der Waals surface area (Å²) in [4.78, 5) is 20.3. The van der Waals surface area contributed by atoms with Crippen LogP contribution in [-0.4, -0.2) is 28.0 Å².